The number of H-pyrrole nitrogens is 1. The van der Waals surface area contributed by atoms with Crippen molar-refractivity contribution in [3.8, 4) is 0 Å². The maximum atomic E-state index is 11.6. The highest BCUT2D eigenvalue weighted by atomic mass is 16.4. The van der Waals surface area contributed by atoms with Gasteiger partial charge in [-0.1, -0.05) is 6.07 Å². The molecule has 0 atom stereocenters. The van der Waals surface area contributed by atoms with Gasteiger partial charge in [-0.3, -0.25) is 0 Å². The van der Waals surface area contributed by atoms with E-state index in [4.69, 9.17) is 5.11 Å². The molecule has 1 heterocycles. The first-order chi connectivity index (χ1) is 7.52. The van der Waals surface area contributed by atoms with E-state index in [0.29, 0.717) is 11.0 Å². The second kappa shape index (κ2) is 3.41. The van der Waals surface area contributed by atoms with Crippen LogP contribution in [0.15, 0.2) is 23.0 Å². The molecule has 0 aliphatic heterocycles. The largest absolute Gasteiger partial charge is 0.478 e. The molecule has 0 spiro atoms. The minimum absolute atomic E-state index is 0.101. The fraction of sp³-hybridized carbons (Fsp3) is 0.200. The summed E-state index contributed by atoms with van der Waals surface area (Å²) in [6.07, 6.45) is 0. The van der Waals surface area contributed by atoms with E-state index in [-0.39, 0.29) is 11.3 Å². The molecule has 0 saturated heterocycles. The molecule has 0 unspecified atom stereocenters. The molecule has 6 nitrogen and oxygen atoms in total. The van der Waals surface area contributed by atoms with Crippen molar-refractivity contribution in [3.63, 3.8) is 0 Å². The van der Waals surface area contributed by atoms with Crippen LogP contribution in [0.25, 0.3) is 11.0 Å². The minimum Gasteiger partial charge on any atom is -0.478 e. The van der Waals surface area contributed by atoms with E-state index in [1.165, 1.54) is 15.8 Å². The van der Waals surface area contributed by atoms with Gasteiger partial charge in [0, 0.05) is 14.1 Å². The van der Waals surface area contributed by atoms with E-state index in [1.54, 1.807) is 26.2 Å². The highest BCUT2D eigenvalue weighted by Gasteiger charge is 2.16. The van der Waals surface area contributed by atoms with Crippen molar-refractivity contribution in [2.24, 2.45) is 0 Å². The molecule has 0 aliphatic rings. The zero-order valence-corrected chi connectivity index (χ0v) is 8.89. The van der Waals surface area contributed by atoms with Gasteiger partial charge in [-0.25, -0.2) is 14.3 Å². The van der Waals surface area contributed by atoms with Crippen LogP contribution in [-0.2, 0) is 0 Å². The fourth-order valence-corrected chi connectivity index (χ4v) is 1.70. The number of nitrogens with one attached hydrogen (secondary N) is 1. The Morgan fingerprint density at radius 3 is 2.69 bits per heavy atom. The smallest absolute Gasteiger partial charge is 0.345 e. The average molecular weight is 221 g/mol. The lowest BCUT2D eigenvalue weighted by atomic mass is 10.2. The molecule has 1 aromatic heterocycles. The summed E-state index contributed by atoms with van der Waals surface area (Å²) >= 11 is 0. The Morgan fingerprint density at radius 1 is 1.44 bits per heavy atom. The molecule has 0 bridgehead atoms. The summed E-state index contributed by atoms with van der Waals surface area (Å²) in [5.41, 5.74) is 0.641. The van der Waals surface area contributed by atoms with Gasteiger partial charge < -0.3 is 15.1 Å². The van der Waals surface area contributed by atoms with Gasteiger partial charge in [0.2, 0.25) is 0 Å². The molecular formula is C10H11N3O3. The second-order valence-electron chi connectivity index (χ2n) is 3.60. The molecule has 2 N–H and O–H groups in total. The van der Waals surface area contributed by atoms with Crippen LogP contribution in [0, 0.1) is 0 Å². The summed E-state index contributed by atoms with van der Waals surface area (Å²) in [5, 5.41) is 10.6. The fourth-order valence-electron chi connectivity index (χ4n) is 1.70. The number of aromatic nitrogens is 2. The van der Waals surface area contributed by atoms with Gasteiger partial charge in [0.1, 0.15) is 5.52 Å². The number of carboxylic acid groups (broad SMARTS) is 1. The molecule has 2 aromatic rings. The normalized spacial score (nSPS) is 10.6. The first kappa shape index (κ1) is 10.3. The van der Waals surface area contributed by atoms with E-state index in [0.717, 1.165) is 0 Å². The molecule has 1 aromatic carbocycles. The Morgan fingerprint density at radius 2 is 2.12 bits per heavy atom. The minimum atomic E-state index is -1.06. The van der Waals surface area contributed by atoms with Crippen molar-refractivity contribution in [2.45, 2.75) is 0 Å². The summed E-state index contributed by atoms with van der Waals surface area (Å²) in [7, 11) is 3.35. The molecular weight excluding hydrogens is 210 g/mol. The number of benzene rings is 1. The molecule has 0 radical (unpaired) electrons. The standard InChI is InChI=1S/C10H11N3O3/c1-12(2)13-8-6(9(14)15)4-3-5-7(8)11-10(13)16/h3-5H,1-2H3,(H,11,16)(H,14,15). The maximum absolute atomic E-state index is 11.6. The third-order valence-corrected chi connectivity index (χ3v) is 2.31. The Hall–Kier alpha value is -2.24. The number of fused-ring (bicyclic) bond motifs is 1. The first-order valence-electron chi connectivity index (χ1n) is 4.67. The van der Waals surface area contributed by atoms with E-state index in [9.17, 15) is 9.59 Å². The van der Waals surface area contributed by atoms with Gasteiger partial charge >= 0.3 is 11.7 Å². The van der Waals surface area contributed by atoms with Gasteiger partial charge in [-0.2, -0.15) is 0 Å². The predicted molar refractivity (Wildman–Crippen MR) is 59.6 cm³/mol. The zero-order valence-electron chi connectivity index (χ0n) is 8.89. The SMILES string of the molecule is CN(C)n1c(=O)[nH]c2cccc(C(=O)O)c21. The number of aromatic carboxylic acids is 1. The zero-order chi connectivity index (χ0) is 11.9. The van der Waals surface area contributed by atoms with Crippen molar-refractivity contribution in [1.82, 2.24) is 9.66 Å². The number of aromatic amines is 1. The maximum Gasteiger partial charge on any atom is 0.345 e. The molecule has 2 rings (SSSR count). The predicted octanol–water partition coefficient (Wildman–Crippen LogP) is 0.225. The van der Waals surface area contributed by atoms with E-state index in [2.05, 4.69) is 4.98 Å². The van der Waals surface area contributed by atoms with Crippen LogP contribution in [0.3, 0.4) is 0 Å². The van der Waals surface area contributed by atoms with Crippen molar-refractivity contribution in [2.75, 3.05) is 19.1 Å². The summed E-state index contributed by atoms with van der Waals surface area (Å²) in [4.78, 5) is 25.3. The number of rotatable bonds is 2. The number of hydrogen-bond donors (Lipinski definition) is 2. The Balaban J connectivity index is 2.94. The van der Waals surface area contributed by atoms with Gasteiger partial charge in [-0.15, -0.1) is 0 Å². The summed E-state index contributed by atoms with van der Waals surface area (Å²) < 4.78 is 1.29. The van der Waals surface area contributed by atoms with E-state index < -0.39 is 5.97 Å². The average Bonchev–Trinajstić information content (AvgIpc) is 2.52. The molecule has 6 heteroatoms. The molecule has 0 aliphatic carbocycles. The van der Waals surface area contributed by atoms with E-state index in [1.807, 2.05) is 0 Å². The quantitative estimate of drug-likeness (QED) is 0.760. The lowest BCUT2D eigenvalue weighted by Crippen LogP contribution is -2.34. The van der Waals surface area contributed by atoms with E-state index >= 15 is 0 Å². The van der Waals surface area contributed by atoms with Gasteiger partial charge in [-0.05, 0) is 12.1 Å². The number of carbonyl (C=O) groups is 1. The van der Waals surface area contributed by atoms with Crippen LogP contribution in [0.5, 0.6) is 0 Å². The van der Waals surface area contributed by atoms with Crippen LogP contribution in [0.1, 0.15) is 10.4 Å². The van der Waals surface area contributed by atoms with Gasteiger partial charge in [0.25, 0.3) is 0 Å². The Bertz CT molecular complexity index is 609. The van der Waals surface area contributed by atoms with Crippen molar-refractivity contribution in [3.05, 3.63) is 34.2 Å². The monoisotopic (exact) mass is 221 g/mol. The van der Waals surface area contributed by atoms with Crippen LogP contribution >= 0.6 is 0 Å². The van der Waals surface area contributed by atoms with Gasteiger partial charge in [0.15, 0.2) is 0 Å². The number of imidazole rings is 1. The second-order valence-corrected chi connectivity index (χ2v) is 3.60. The van der Waals surface area contributed by atoms with Crippen molar-refractivity contribution in [1.29, 1.82) is 0 Å². The first-order valence-corrected chi connectivity index (χ1v) is 4.67. The third kappa shape index (κ3) is 1.35. The number of nitrogens with zero attached hydrogens (tertiary/aromatic N) is 2. The summed E-state index contributed by atoms with van der Waals surface area (Å²) in [5.74, 6) is -1.06. The lowest BCUT2D eigenvalue weighted by molar-refractivity contribution is 0.0698. The Labute approximate surface area is 90.7 Å². The molecule has 0 saturated carbocycles. The number of hydrogen-bond acceptors (Lipinski definition) is 3. The van der Waals surface area contributed by atoms with Crippen LogP contribution in [-0.4, -0.2) is 34.8 Å². The van der Waals surface area contributed by atoms with Gasteiger partial charge in [0.05, 0.1) is 11.1 Å². The van der Waals surface area contributed by atoms with Crippen molar-refractivity contribution < 1.29 is 9.90 Å². The highest BCUT2D eigenvalue weighted by molar-refractivity contribution is 6.01. The van der Waals surface area contributed by atoms with Crippen molar-refractivity contribution >= 4 is 17.0 Å². The third-order valence-electron chi connectivity index (χ3n) is 2.31. The number of para-hydroxylation sites is 1. The molecule has 16 heavy (non-hydrogen) atoms. The van der Waals surface area contributed by atoms with Crippen LogP contribution in [0.2, 0.25) is 0 Å². The summed E-state index contributed by atoms with van der Waals surface area (Å²) in [6, 6.07) is 4.74. The Kier molecular flexibility index (Phi) is 2.19. The molecule has 0 amide bonds. The number of carboxylic acids is 1. The molecule has 84 valence electrons. The van der Waals surface area contributed by atoms with Crippen LogP contribution < -0.4 is 10.7 Å². The highest BCUT2D eigenvalue weighted by Crippen LogP contribution is 2.15. The lowest BCUT2D eigenvalue weighted by Gasteiger charge is -2.14. The van der Waals surface area contributed by atoms with Crippen LogP contribution in [0.4, 0.5) is 0 Å². The summed E-state index contributed by atoms with van der Waals surface area (Å²) in [6.45, 7) is 0. The topological polar surface area (TPSA) is 78.3 Å². The molecule has 0 fully saturated rings.